The maximum atomic E-state index is 12.7. The van der Waals surface area contributed by atoms with E-state index < -0.39 is 24.8 Å². The van der Waals surface area contributed by atoms with Crippen LogP contribution in [0.4, 0.5) is 23.2 Å². The Morgan fingerprint density at radius 2 is 2.05 bits per heavy atom. The van der Waals surface area contributed by atoms with Gasteiger partial charge >= 0.3 is 12.3 Å². The van der Waals surface area contributed by atoms with E-state index in [1.165, 1.54) is 18.2 Å². The van der Waals surface area contributed by atoms with Crippen molar-refractivity contribution in [1.29, 1.82) is 0 Å². The molecule has 0 unspecified atom stereocenters. The lowest BCUT2D eigenvalue weighted by Crippen LogP contribution is -2.41. The Morgan fingerprint density at radius 1 is 1.33 bits per heavy atom. The average Bonchev–Trinajstić information content (AvgIpc) is 2.44. The minimum absolute atomic E-state index is 0.0787. The molecule has 1 aromatic rings. The van der Waals surface area contributed by atoms with E-state index >= 15 is 0 Å². The summed E-state index contributed by atoms with van der Waals surface area (Å²) >= 11 is 0. The number of rotatable bonds is 4. The molecule has 0 saturated carbocycles. The topological polar surface area (TPSA) is 58.2 Å². The number of aryl methyl sites for hydroxylation is 1. The molecule has 0 fully saturated rings. The van der Waals surface area contributed by atoms with Crippen molar-refractivity contribution in [1.82, 2.24) is 5.32 Å². The van der Waals surface area contributed by atoms with Crippen molar-refractivity contribution in [2.75, 3.05) is 11.9 Å². The fourth-order valence-corrected chi connectivity index (χ4v) is 1.90. The van der Waals surface area contributed by atoms with Gasteiger partial charge in [0.25, 0.3) is 5.91 Å². The van der Waals surface area contributed by atoms with Gasteiger partial charge in [0.05, 0.1) is 6.54 Å². The SMILES string of the molecule is O=C1CCc2cc(C(=O)NCC(F)(F)C(F)F)ccc2N1. The van der Waals surface area contributed by atoms with Crippen LogP contribution in [0.5, 0.6) is 0 Å². The van der Waals surface area contributed by atoms with E-state index in [1.54, 1.807) is 5.32 Å². The van der Waals surface area contributed by atoms with Gasteiger partial charge in [0.2, 0.25) is 5.91 Å². The van der Waals surface area contributed by atoms with E-state index in [2.05, 4.69) is 5.32 Å². The fourth-order valence-electron chi connectivity index (χ4n) is 1.90. The highest BCUT2D eigenvalue weighted by molar-refractivity contribution is 5.97. The Hall–Kier alpha value is -2.12. The third-order valence-electron chi connectivity index (χ3n) is 3.07. The Kier molecular flexibility index (Phi) is 4.15. The van der Waals surface area contributed by atoms with Crippen molar-refractivity contribution in [2.45, 2.75) is 25.2 Å². The van der Waals surface area contributed by atoms with E-state index in [0.29, 0.717) is 17.7 Å². The van der Waals surface area contributed by atoms with Crippen molar-refractivity contribution < 1.29 is 27.2 Å². The Bertz CT molecular complexity index is 575. The smallest absolute Gasteiger partial charge is 0.324 e. The third-order valence-corrected chi connectivity index (χ3v) is 3.07. The number of halogens is 4. The second-order valence-corrected chi connectivity index (χ2v) is 4.66. The Morgan fingerprint density at radius 3 is 2.71 bits per heavy atom. The molecular weight excluding hydrogens is 292 g/mol. The molecule has 114 valence electrons. The summed E-state index contributed by atoms with van der Waals surface area (Å²) in [5.74, 6) is -5.27. The number of hydrogen-bond donors (Lipinski definition) is 2. The summed E-state index contributed by atoms with van der Waals surface area (Å²) < 4.78 is 49.4. The Balaban J connectivity index is 2.05. The second kappa shape index (κ2) is 5.71. The molecule has 1 heterocycles. The first-order valence-electron chi connectivity index (χ1n) is 6.16. The maximum absolute atomic E-state index is 12.7. The van der Waals surface area contributed by atoms with Crippen LogP contribution in [-0.4, -0.2) is 30.7 Å². The number of anilines is 1. The lowest BCUT2D eigenvalue weighted by molar-refractivity contribution is -0.123. The van der Waals surface area contributed by atoms with Crippen LogP contribution in [-0.2, 0) is 11.2 Å². The number of nitrogens with one attached hydrogen (secondary N) is 2. The van der Waals surface area contributed by atoms with Gasteiger partial charge in [-0.15, -0.1) is 0 Å². The number of fused-ring (bicyclic) bond motifs is 1. The summed E-state index contributed by atoms with van der Waals surface area (Å²) in [4.78, 5) is 22.9. The summed E-state index contributed by atoms with van der Waals surface area (Å²) in [5.41, 5.74) is 1.33. The zero-order chi connectivity index (χ0) is 15.6. The monoisotopic (exact) mass is 304 g/mol. The van der Waals surface area contributed by atoms with Gasteiger partial charge in [-0.3, -0.25) is 9.59 Å². The first-order valence-corrected chi connectivity index (χ1v) is 6.16. The number of carbonyl (C=O) groups is 2. The molecule has 2 amide bonds. The minimum atomic E-state index is -4.27. The number of hydrogen-bond acceptors (Lipinski definition) is 2. The molecule has 0 atom stereocenters. The van der Waals surface area contributed by atoms with Gasteiger partial charge in [0.1, 0.15) is 0 Å². The van der Waals surface area contributed by atoms with Crippen molar-refractivity contribution in [2.24, 2.45) is 0 Å². The van der Waals surface area contributed by atoms with Crippen molar-refractivity contribution in [3.05, 3.63) is 29.3 Å². The van der Waals surface area contributed by atoms with Gasteiger partial charge < -0.3 is 10.6 Å². The van der Waals surface area contributed by atoms with Crippen LogP contribution >= 0.6 is 0 Å². The fraction of sp³-hybridized carbons (Fsp3) is 0.385. The van der Waals surface area contributed by atoms with Crippen molar-refractivity contribution in [3.63, 3.8) is 0 Å². The maximum Gasteiger partial charge on any atom is 0.324 e. The normalized spacial score (nSPS) is 14.6. The largest absolute Gasteiger partial charge is 0.346 e. The van der Waals surface area contributed by atoms with Gasteiger partial charge in [0.15, 0.2) is 0 Å². The van der Waals surface area contributed by atoms with E-state index in [-0.39, 0.29) is 17.9 Å². The van der Waals surface area contributed by atoms with Crippen molar-refractivity contribution >= 4 is 17.5 Å². The quantitative estimate of drug-likeness (QED) is 0.838. The highest BCUT2D eigenvalue weighted by Gasteiger charge is 2.40. The molecule has 0 bridgehead atoms. The van der Waals surface area contributed by atoms with Gasteiger partial charge in [-0.25, -0.2) is 8.78 Å². The van der Waals surface area contributed by atoms with Gasteiger partial charge in [-0.2, -0.15) is 8.78 Å². The van der Waals surface area contributed by atoms with Crippen LogP contribution in [0, 0.1) is 0 Å². The summed E-state index contributed by atoms with van der Waals surface area (Å²) in [6.07, 6.45) is -3.15. The van der Waals surface area contributed by atoms with E-state index in [4.69, 9.17) is 0 Å². The molecule has 1 aliphatic heterocycles. The molecular formula is C13H12F4N2O2. The minimum Gasteiger partial charge on any atom is -0.346 e. The van der Waals surface area contributed by atoms with Crippen LogP contribution in [0.25, 0.3) is 0 Å². The molecule has 0 aromatic heterocycles. The molecule has 2 N–H and O–H groups in total. The zero-order valence-electron chi connectivity index (χ0n) is 10.8. The van der Waals surface area contributed by atoms with Gasteiger partial charge in [0, 0.05) is 17.7 Å². The number of benzene rings is 1. The van der Waals surface area contributed by atoms with E-state index in [0.717, 1.165) is 0 Å². The molecule has 0 saturated heterocycles. The summed E-state index contributed by atoms with van der Waals surface area (Å²) in [5, 5.41) is 4.39. The molecule has 2 rings (SSSR count). The first-order chi connectivity index (χ1) is 9.79. The molecule has 0 spiro atoms. The highest BCUT2D eigenvalue weighted by Crippen LogP contribution is 2.24. The molecule has 1 aromatic carbocycles. The van der Waals surface area contributed by atoms with Crippen LogP contribution < -0.4 is 10.6 Å². The van der Waals surface area contributed by atoms with Gasteiger partial charge in [-0.1, -0.05) is 0 Å². The highest BCUT2D eigenvalue weighted by atomic mass is 19.3. The predicted molar refractivity (Wildman–Crippen MR) is 66.7 cm³/mol. The summed E-state index contributed by atoms with van der Waals surface area (Å²) in [6, 6.07) is 4.26. The van der Waals surface area contributed by atoms with Crippen LogP contribution in [0.2, 0.25) is 0 Å². The van der Waals surface area contributed by atoms with E-state index in [1.807, 2.05) is 0 Å². The molecule has 21 heavy (non-hydrogen) atoms. The third kappa shape index (κ3) is 3.50. The number of alkyl halides is 4. The summed E-state index contributed by atoms with van der Waals surface area (Å²) in [6.45, 7) is -1.43. The standard InChI is InChI=1S/C13H12F4N2O2/c14-12(15)13(16,17)6-18-11(21)8-1-3-9-7(5-8)2-4-10(20)19-9/h1,3,5,12H,2,4,6H2,(H,18,21)(H,19,20). The molecule has 8 heteroatoms. The molecule has 1 aliphatic rings. The molecule has 0 aliphatic carbocycles. The molecule has 4 nitrogen and oxygen atoms in total. The zero-order valence-corrected chi connectivity index (χ0v) is 10.8. The number of carbonyl (C=O) groups excluding carboxylic acids is 2. The summed E-state index contributed by atoms with van der Waals surface area (Å²) in [7, 11) is 0. The van der Waals surface area contributed by atoms with Gasteiger partial charge in [-0.05, 0) is 30.2 Å². The molecule has 0 radical (unpaired) electrons. The predicted octanol–water partition coefficient (Wildman–Crippen LogP) is 2.20. The van der Waals surface area contributed by atoms with E-state index in [9.17, 15) is 27.2 Å². The van der Waals surface area contributed by atoms with Crippen LogP contribution in [0.1, 0.15) is 22.3 Å². The first kappa shape index (κ1) is 15.3. The average molecular weight is 304 g/mol. The van der Waals surface area contributed by atoms with Crippen molar-refractivity contribution in [3.8, 4) is 0 Å². The lowest BCUT2D eigenvalue weighted by Gasteiger charge is -2.18. The van der Waals surface area contributed by atoms with Crippen LogP contribution in [0.15, 0.2) is 18.2 Å². The number of amides is 2. The van der Waals surface area contributed by atoms with Crippen LogP contribution in [0.3, 0.4) is 0 Å². The lowest BCUT2D eigenvalue weighted by atomic mass is 10.00. The Labute approximate surface area is 117 Å². The second-order valence-electron chi connectivity index (χ2n) is 4.66.